The van der Waals surface area contributed by atoms with Crippen LogP contribution in [0.1, 0.15) is 23.6 Å². The molecule has 0 amide bonds. The van der Waals surface area contributed by atoms with Crippen LogP contribution in [0.3, 0.4) is 0 Å². The molecule has 90 valence electrons. The standard InChI is InChI=1S/C14H13N3O/c1-3-12-6-11(7-15)4-5-13(12)18-14-16-8-10(2)9-17-14/h4-6,8-9H,3H2,1-2H3. The monoisotopic (exact) mass is 239 g/mol. The van der Waals surface area contributed by atoms with Crippen molar-refractivity contribution in [2.45, 2.75) is 20.3 Å². The van der Waals surface area contributed by atoms with E-state index in [0.29, 0.717) is 17.3 Å². The van der Waals surface area contributed by atoms with Crippen LogP contribution in [-0.2, 0) is 6.42 Å². The third-order valence-electron chi connectivity index (χ3n) is 2.53. The fourth-order valence-corrected chi connectivity index (χ4v) is 1.56. The third kappa shape index (κ3) is 2.64. The van der Waals surface area contributed by atoms with E-state index in [-0.39, 0.29) is 0 Å². The first-order valence-corrected chi connectivity index (χ1v) is 5.72. The van der Waals surface area contributed by atoms with Gasteiger partial charge >= 0.3 is 6.01 Å². The Kier molecular flexibility index (Phi) is 3.54. The second kappa shape index (κ2) is 5.28. The van der Waals surface area contributed by atoms with Crippen molar-refractivity contribution in [2.24, 2.45) is 0 Å². The van der Waals surface area contributed by atoms with E-state index in [1.807, 2.05) is 19.9 Å². The second-order valence-corrected chi connectivity index (χ2v) is 3.93. The number of hydrogen-bond donors (Lipinski definition) is 0. The number of aryl methyl sites for hydroxylation is 2. The summed E-state index contributed by atoms with van der Waals surface area (Å²) in [7, 11) is 0. The summed E-state index contributed by atoms with van der Waals surface area (Å²) < 4.78 is 5.62. The lowest BCUT2D eigenvalue weighted by atomic mass is 10.1. The molecule has 0 aliphatic carbocycles. The molecule has 0 saturated carbocycles. The minimum absolute atomic E-state index is 0.319. The fourth-order valence-electron chi connectivity index (χ4n) is 1.56. The lowest BCUT2D eigenvalue weighted by Crippen LogP contribution is -1.95. The largest absolute Gasteiger partial charge is 0.424 e. The maximum Gasteiger partial charge on any atom is 0.321 e. The predicted molar refractivity (Wildman–Crippen MR) is 67.4 cm³/mol. The van der Waals surface area contributed by atoms with Gasteiger partial charge in [-0.1, -0.05) is 6.92 Å². The molecule has 1 aromatic carbocycles. The first-order valence-electron chi connectivity index (χ1n) is 5.72. The Labute approximate surface area is 106 Å². The van der Waals surface area contributed by atoms with E-state index < -0.39 is 0 Å². The van der Waals surface area contributed by atoms with Crippen molar-refractivity contribution in [1.29, 1.82) is 5.26 Å². The van der Waals surface area contributed by atoms with E-state index in [9.17, 15) is 0 Å². The van der Waals surface area contributed by atoms with Crippen molar-refractivity contribution in [3.8, 4) is 17.8 Å². The summed E-state index contributed by atoms with van der Waals surface area (Å²) in [6.07, 6.45) is 4.20. The summed E-state index contributed by atoms with van der Waals surface area (Å²) in [5.74, 6) is 0.695. The van der Waals surface area contributed by atoms with Gasteiger partial charge < -0.3 is 4.74 Å². The molecule has 0 fully saturated rings. The van der Waals surface area contributed by atoms with Gasteiger partial charge in [-0.2, -0.15) is 5.26 Å². The van der Waals surface area contributed by atoms with E-state index >= 15 is 0 Å². The molecule has 0 atom stereocenters. The number of nitriles is 1. The van der Waals surface area contributed by atoms with Crippen LogP contribution in [0.5, 0.6) is 11.8 Å². The zero-order valence-electron chi connectivity index (χ0n) is 10.3. The first-order chi connectivity index (χ1) is 8.72. The Hall–Kier alpha value is -2.41. The van der Waals surface area contributed by atoms with Crippen LogP contribution in [0.25, 0.3) is 0 Å². The molecule has 18 heavy (non-hydrogen) atoms. The Bertz CT molecular complexity index is 585. The minimum Gasteiger partial charge on any atom is -0.424 e. The van der Waals surface area contributed by atoms with Gasteiger partial charge in [0.05, 0.1) is 11.6 Å². The maximum atomic E-state index is 8.85. The first kappa shape index (κ1) is 12.1. The zero-order valence-corrected chi connectivity index (χ0v) is 10.3. The minimum atomic E-state index is 0.319. The smallest absolute Gasteiger partial charge is 0.321 e. The highest BCUT2D eigenvalue weighted by Gasteiger charge is 2.06. The molecule has 4 heteroatoms. The van der Waals surface area contributed by atoms with Gasteiger partial charge in [-0.3, -0.25) is 0 Å². The van der Waals surface area contributed by atoms with Crippen LogP contribution < -0.4 is 4.74 Å². The molecule has 0 saturated heterocycles. The van der Waals surface area contributed by atoms with Crippen molar-refractivity contribution < 1.29 is 4.74 Å². The van der Waals surface area contributed by atoms with Gasteiger partial charge in [0.2, 0.25) is 0 Å². The number of rotatable bonds is 3. The number of benzene rings is 1. The van der Waals surface area contributed by atoms with Gasteiger partial charge in [-0.25, -0.2) is 9.97 Å². The Balaban J connectivity index is 2.29. The van der Waals surface area contributed by atoms with E-state index in [1.165, 1.54) is 0 Å². The molecular formula is C14H13N3O. The fraction of sp³-hybridized carbons (Fsp3) is 0.214. The normalized spacial score (nSPS) is 9.83. The molecular weight excluding hydrogens is 226 g/mol. The van der Waals surface area contributed by atoms with Crippen LogP contribution in [0.2, 0.25) is 0 Å². The average Bonchev–Trinajstić information content (AvgIpc) is 2.41. The van der Waals surface area contributed by atoms with Gasteiger partial charge in [0, 0.05) is 12.4 Å². The summed E-state index contributed by atoms with van der Waals surface area (Å²) in [6, 6.07) is 7.76. The molecule has 0 unspecified atom stereocenters. The molecule has 2 rings (SSSR count). The van der Waals surface area contributed by atoms with Crippen molar-refractivity contribution >= 4 is 0 Å². The molecule has 0 bridgehead atoms. The van der Waals surface area contributed by atoms with Crippen LogP contribution in [0.15, 0.2) is 30.6 Å². The summed E-state index contributed by atoms with van der Waals surface area (Å²) >= 11 is 0. The van der Waals surface area contributed by atoms with Gasteiger partial charge in [0.1, 0.15) is 5.75 Å². The number of ether oxygens (including phenoxy) is 1. The molecule has 1 aromatic heterocycles. The zero-order chi connectivity index (χ0) is 13.0. The van der Waals surface area contributed by atoms with Crippen LogP contribution >= 0.6 is 0 Å². The van der Waals surface area contributed by atoms with Crippen LogP contribution in [0.4, 0.5) is 0 Å². The summed E-state index contributed by atoms with van der Waals surface area (Å²) in [6.45, 7) is 3.93. The Morgan fingerprint density at radius 1 is 1.28 bits per heavy atom. The highest BCUT2D eigenvalue weighted by Crippen LogP contribution is 2.24. The van der Waals surface area contributed by atoms with E-state index in [0.717, 1.165) is 17.5 Å². The number of aromatic nitrogens is 2. The highest BCUT2D eigenvalue weighted by atomic mass is 16.5. The van der Waals surface area contributed by atoms with E-state index in [4.69, 9.17) is 10.00 Å². The van der Waals surface area contributed by atoms with Crippen molar-refractivity contribution in [3.63, 3.8) is 0 Å². The summed E-state index contributed by atoms with van der Waals surface area (Å²) in [4.78, 5) is 8.19. The van der Waals surface area contributed by atoms with Gasteiger partial charge in [-0.15, -0.1) is 0 Å². The van der Waals surface area contributed by atoms with Crippen molar-refractivity contribution in [1.82, 2.24) is 9.97 Å². The third-order valence-corrected chi connectivity index (χ3v) is 2.53. The highest BCUT2D eigenvalue weighted by molar-refractivity contribution is 5.42. The molecule has 0 aliphatic heterocycles. The average molecular weight is 239 g/mol. The predicted octanol–water partition coefficient (Wildman–Crippen LogP) is 3.01. The van der Waals surface area contributed by atoms with Crippen molar-refractivity contribution in [3.05, 3.63) is 47.3 Å². The molecule has 0 N–H and O–H groups in total. The maximum absolute atomic E-state index is 8.85. The summed E-state index contributed by atoms with van der Waals surface area (Å²) in [5, 5.41) is 8.85. The van der Waals surface area contributed by atoms with Gasteiger partial charge in [-0.05, 0) is 42.7 Å². The van der Waals surface area contributed by atoms with Crippen molar-refractivity contribution in [2.75, 3.05) is 0 Å². The Morgan fingerprint density at radius 2 is 2.00 bits per heavy atom. The van der Waals surface area contributed by atoms with E-state index in [2.05, 4.69) is 16.0 Å². The molecule has 1 heterocycles. The van der Waals surface area contributed by atoms with Crippen LogP contribution in [-0.4, -0.2) is 9.97 Å². The number of nitrogens with zero attached hydrogens (tertiary/aromatic N) is 3. The molecule has 0 spiro atoms. The van der Waals surface area contributed by atoms with E-state index in [1.54, 1.807) is 24.5 Å². The van der Waals surface area contributed by atoms with Gasteiger partial charge in [0.15, 0.2) is 0 Å². The topological polar surface area (TPSA) is 58.8 Å². The number of hydrogen-bond acceptors (Lipinski definition) is 4. The van der Waals surface area contributed by atoms with Gasteiger partial charge in [0.25, 0.3) is 0 Å². The Morgan fingerprint density at radius 3 is 2.61 bits per heavy atom. The summed E-state index contributed by atoms with van der Waals surface area (Å²) in [5.41, 5.74) is 2.58. The molecule has 2 aromatic rings. The lowest BCUT2D eigenvalue weighted by molar-refractivity contribution is 0.436. The SMILES string of the molecule is CCc1cc(C#N)ccc1Oc1ncc(C)cn1. The quantitative estimate of drug-likeness (QED) is 0.826. The lowest BCUT2D eigenvalue weighted by Gasteiger charge is -2.08. The molecule has 0 radical (unpaired) electrons. The second-order valence-electron chi connectivity index (χ2n) is 3.93. The molecule has 4 nitrogen and oxygen atoms in total. The molecule has 0 aliphatic rings. The van der Waals surface area contributed by atoms with Crippen LogP contribution in [0, 0.1) is 18.3 Å².